The van der Waals surface area contributed by atoms with Crippen molar-refractivity contribution < 1.29 is 18.8 Å². The van der Waals surface area contributed by atoms with E-state index < -0.39 is 5.41 Å². The normalized spacial score (nSPS) is 17.9. The molecule has 0 saturated heterocycles. The summed E-state index contributed by atoms with van der Waals surface area (Å²) in [5, 5.41) is 0. The number of carbonyl (C=O) groups excluding carboxylic acids is 1. The minimum Gasteiger partial charge on any atom is -0.496 e. The summed E-state index contributed by atoms with van der Waals surface area (Å²) < 4.78 is 22.6. The van der Waals surface area contributed by atoms with E-state index >= 15 is 0 Å². The second kappa shape index (κ2) is 7.92. The van der Waals surface area contributed by atoms with Crippen LogP contribution in [0.1, 0.15) is 55.8 Å². The van der Waals surface area contributed by atoms with Crippen molar-refractivity contribution in [3.8, 4) is 11.5 Å². The number of hydrogen-bond donors (Lipinski definition) is 0. The lowest BCUT2D eigenvalue weighted by atomic mass is 9.74. The Morgan fingerprint density at radius 3 is 2.22 bits per heavy atom. The number of rotatable bonds is 8. The predicted molar refractivity (Wildman–Crippen MR) is 91.1 cm³/mol. The largest absolute Gasteiger partial charge is 0.496 e. The zero-order chi connectivity index (χ0) is 16.9. The Morgan fingerprint density at radius 1 is 1.22 bits per heavy atom. The van der Waals surface area contributed by atoms with E-state index in [4.69, 9.17) is 9.47 Å². The monoisotopic (exact) mass is 336 g/mol. The fraction of sp³-hybridized carbons (Fsp3) is 0.611. The molecule has 0 radical (unpaired) electrons. The van der Waals surface area contributed by atoms with Crippen molar-refractivity contribution in [2.45, 2.75) is 51.1 Å². The van der Waals surface area contributed by atoms with Crippen LogP contribution in [0.5, 0.6) is 11.5 Å². The molecule has 1 aromatic rings. The predicted octanol–water partition coefficient (Wildman–Crippen LogP) is 4.91. The molecule has 1 saturated carbocycles. The Labute approximate surface area is 139 Å². The number of ketones is 1. The van der Waals surface area contributed by atoms with E-state index in [1.54, 1.807) is 26.4 Å². The van der Waals surface area contributed by atoms with Crippen molar-refractivity contribution in [2.75, 3.05) is 14.2 Å². The van der Waals surface area contributed by atoms with E-state index in [0.717, 1.165) is 38.5 Å². The molecular formula is C18H25O4P. The van der Waals surface area contributed by atoms with Crippen LogP contribution in [0.2, 0.25) is 0 Å². The number of carbonyl (C=O) groups is 1. The minimum absolute atomic E-state index is 0.0195. The van der Waals surface area contributed by atoms with E-state index in [9.17, 15) is 9.36 Å². The summed E-state index contributed by atoms with van der Waals surface area (Å²) in [6, 6.07) is 5.37. The summed E-state index contributed by atoms with van der Waals surface area (Å²) in [5.74, 6) is 1.07. The fourth-order valence-corrected chi connectivity index (χ4v) is 4.69. The van der Waals surface area contributed by atoms with Crippen molar-refractivity contribution in [2.24, 2.45) is 5.41 Å². The van der Waals surface area contributed by atoms with E-state index in [-0.39, 0.29) is 19.9 Å². The first kappa shape index (κ1) is 17.9. The first-order valence-corrected chi connectivity index (χ1v) is 9.11. The molecule has 1 fully saturated rings. The molecule has 0 spiro atoms. The quantitative estimate of drug-likeness (QED) is 0.500. The van der Waals surface area contributed by atoms with Crippen LogP contribution in [0.25, 0.3) is 0 Å². The van der Waals surface area contributed by atoms with Gasteiger partial charge in [0.2, 0.25) is 0 Å². The Kier molecular flexibility index (Phi) is 6.17. The second-order valence-electron chi connectivity index (χ2n) is 6.14. The van der Waals surface area contributed by atoms with Gasteiger partial charge in [0.05, 0.1) is 19.9 Å². The third-order valence-electron chi connectivity index (χ3n) is 4.93. The zero-order valence-corrected chi connectivity index (χ0v) is 15.0. The fourth-order valence-electron chi connectivity index (χ4n) is 3.74. The van der Waals surface area contributed by atoms with Gasteiger partial charge in [0.15, 0.2) is 14.2 Å². The van der Waals surface area contributed by atoms with Crippen LogP contribution >= 0.6 is 8.46 Å². The van der Waals surface area contributed by atoms with Gasteiger partial charge < -0.3 is 9.47 Å². The molecule has 5 heteroatoms. The van der Waals surface area contributed by atoms with Crippen LogP contribution in [0.15, 0.2) is 18.2 Å². The van der Waals surface area contributed by atoms with Gasteiger partial charge in [0.1, 0.15) is 17.1 Å². The molecule has 126 valence electrons. The smallest absolute Gasteiger partial charge is 0.177 e. The Balaban J connectivity index is 2.53. The maximum Gasteiger partial charge on any atom is 0.177 e. The van der Waals surface area contributed by atoms with Gasteiger partial charge in [-0.1, -0.05) is 32.3 Å². The molecule has 0 N–H and O–H groups in total. The van der Waals surface area contributed by atoms with E-state index in [0.29, 0.717) is 17.1 Å². The minimum atomic E-state index is -0.568. The lowest BCUT2D eigenvalue weighted by Gasteiger charge is -2.33. The second-order valence-corrected chi connectivity index (χ2v) is 6.97. The summed E-state index contributed by atoms with van der Waals surface area (Å²) in [7, 11) is 3.18. The third-order valence-corrected chi connectivity index (χ3v) is 5.94. The van der Waals surface area contributed by atoms with Crippen molar-refractivity contribution in [1.82, 2.24) is 0 Å². The number of methoxy groups -OCH3 is 2. The maximum absolute atomic E-state index is 13.5. The Bertz CT molecular complexity index is 542. The molecule has 1 aromatic carbocycles. The molecule has 0 heterocycles. The highest BCUT2D eigenvalue weighted by molar-refractivity contribution is 7.24. The van der Waals surface area contributed by atoms with Crippen LogP contribution in [0, 0.1) is 5.41 Å². The average molecular weight is 336 g/mol. The van der Waals surface area contributed by atoms with Crippen molar-refractivity contribution >= 4 is 14.2 Å². The molecule has 2 rings (SSSR count). The number of hydrogen-bond acceptors (Lipinski definition) is 4. The molecule has 23 heavy (non-hydrogen) atoms. The molecule has 1 atom stereocenters. The van der Waals surface area contributed by atoms with Crippen LogP contribution in [-0.2, 0) is 4.57 Å². The van der Waals surface area contributed by atoms with Crippen molar-refractivity contribution in [1.29, 1.82) is 0 Å². The van der Waals surface area contributed by atoms with E-state index in [2.05, 4.69) is 6.92 Å². The van der Waals surface area contributed by atoms with Gasteiger partial charge in [-0.15, -0.1) is 0 Å². The number of benzene rings is 1. The first-order chi connectivity index (χ1) is 11.1. The molecule has 1 aliphatic carbocycles. The van der Waals surface area contributed by atoms with Gasteiger partial charge in [0.25, 0.3) is 0 Å². The van der Waals surface area contributed by atoms with Gasteiger partial charge in [-0.05, 0) is 31.4 Å². The van der Waals surface area contributed by atoms with Crippen LogP contribution in [0.3, 0.4) is 0 Å². The van der Waals surface area contributed by atoms with Gasteiger partial charge in [0, 0.05) is 5.41 Å². The first-order valence-electron chi connectivity index (χ1n) is 8.22. The molecule has 1 aliphatic rings. The Hall–Kier alpha value is -1.41. The summed E-state index contributed by atoms with van der Waals surface area (Å²) in [4.78, 5) is 13.5. The molecule has 0 aliphatic heterocycles. The standard InChI is InChI=1S/C18H25O4P/c1-4-8-15(23-20)18(11-5-6-12-18)17(19)16-13(21-2)9-7-10-14(16)22-3/h7,9-10,15H,4-6,8,11-12H2,1-3H3. The zero-order valence-electron chi connectivity index (χ0n) is 14.1. The van der Waals surface area contributed by atoms with Gasteiger partial charge in [-0.25, -0.2) is 0 Å². The summed E-state index contributed by atoms with van der Waals surface area (Å²) in [5.41, 5.74) is -0.220. The maximum atomic E-state index is 13.5. The summed E-state index contributed by atoms with van der Waals surface area (Å²) in [6.07, 6.45) is 5.27. The molecule has 0 bridgehead atoms. The van der Waals surface area contributed by atoms with E-state index in [1.807, 2.05) is 6.07 Å². The molecular weight excluding hydrogens is 311 g/mol. The highest BCUT2D eigenvalue weighted by Gasteiger charge is 2.49. The Morgan fingerprint density at radius 2 is 1.78 bits per heavy atom. The third kappa shape index (κ3) is 3.28. The van der Waals surface area contributed by atoms with Gasteiger partial charge >= 0.3 is 0 Å². The lowest BCUT2D eigenvalue weighted by molar-refractivity contribution is 0.0779. The summed E-state index contributed by atoms with van der Waals surface area (Å²) in [6.45, 7) is 2.06. The number of Topliss-reactive ketones (excluding diaryl/α,β-unsaturated/α-hetero) is 1. The molecule has 4 nitrogen and oxygen atoms in total. The highest BCUT2D eigenvalue weighted by Crippen LogP contribution is 2.51. The topological polar surface area (TPSA) is 52.6 Å². The molecule has 0 amide bonds. The van der Waals surface area contributed by atoms with E-state index in [1.165, 1.54) is 0 Å². The SMILES string of the molecule is CCCC(P=O)C1(C(=O)c2c(OC)cccc2OC)CCCC1. The van der Waals surface area contributed by atoms with Gasteiger partial charge in [-0.3, -0.25) is 9.36 Å². The van der Waals surface area contributed by atoms with Crippen LogP contribution < -0.4 is 9.47 Å². The average Bonchev–Trinajstić information content (AvgIpc) is 3.08. The van der Waals surface area contributed by atoms with Gasteiger partial charge in [-0.2, -0.15) is 0 Å². The number of ether oxygens (including phenoxy) is 2. The van der Waals surface area contributed by atoms with Crippen molar-refractivity contribution in [3.05, 3.63) is 23.8 Å². The van der Waals surface area contributed by atoms with Crippen LogP contribution in [-0.4, -0.2) is 25.7 Å². The highest BCUT2D eigenvalue weighted by atomic mass is 31.1. The lowest BCUT2D eigenvalue weighted by Crippen LogP contribution is -2.37. The molecule has 1 unspecified atom stereocenters. The van der Waals surface area contributed by atoms with Crippen LogP contribution in [0.4, 0.5) is 0 Å². The summed E-state index contributed by atoms with van der Waals surface area (Å²) >= 11 is 0. The molecule has 0 aromatic heterocycles. The van der Waals surface area contributed by atoms with Crippen molar-refractivity contribution in [3.63, 3.8) is 0 Å².